The van der Waals surface area contributed by atoms with Crippen LogP contribution in [0.1, 0.15) is 19.4 Å². The Hall–Kier alpha value is -0.870. The van der Waals surface area contributed by atoms with Gasteiger partial charge in [-0.15, -0.1) is 0 Å². The third-order valence-corrected chi connectivity index (χ3v) is 3.12. The van der Waals surface area contributed by atoms with Crippen molar-refractivity contribution in [2.24, 2.45) is 5.73 Å². The van der Waals surface area contributed by atoms with Crippen molar-refractivity contribution >= 4 is 11.8 Å². The van der Waals surface area contributed by atoms with E-state index in [2.05, 4.69) is 6.92 Å². The summed E-state index contributed by atoms with van der Waals surface area (Å²) < 4.78 is 11.3. The highest BCUT2D eigenvalue weighted by Crippen LogP contribution is 2.31. The second kappa shape index (κ2) is 8.25. The zero-order valence-corrected chi connectivity index (χ0v) is 11.4. The summed E-state index contributed by atoms with van der Waals surface area (Å²) in [6.07, 6.45) is 0. The first-order valence-electron chi connectivity index (χ1n) is 5.98. The molecule has 0 amide bonds. The third-order valence-electron chi connectivity index (χ3n) is 2.26. The van der Waals surface area contributed by atoms with Crippen LogP contribution in [0.15, 0.2) is 18.2 Å². The fourth-order valence-electron chi connectivity index (χ4n) is 1.50. The van der Waals surface area contributed by atoms with Gasteiger partial charge in [0, 0.05) is 17.9 Å². The molecule has 0 saturated carbocycles. The molecule has 96 valence electrons. The van der Waals surface area contributed by atoms with Crippen molar-refractivity contribution in [1.29, 1.82) is 0 Å². The van der Waals surface area contributed by atoms with E-state index in [9.17, 15) is 0 Å². The number of hydrogen-bond acceptors (Lipinski definition) is 4. The van der Waals surface area contributed by atoms with Gasteiger partial charge >= 0.3 is 0 Å². The summed E-state index contributed by atoms with van der Waals surface area (Å²) in [7, 11) is 0. The molecule has 0 saturated heterocycles. The summed E-state index contributed by atoms with van der Waals surface area (Å²) >= 11 is 1.86. The molecule has 0 spiro atoms. The topological polar surface area (TPSA) is 44.5 Å². The molecule has 0 heterocycles. The van der Waals surface area contributed by atoms with Crippen molar-refractivity contribution in [3.05, 3.63) is 23.8 Å². The predicted molar refractivity (Wildman–Crippen MR) is 74.0 cm³/mol. The number of benzene rings is 1. The third kappa shape index (κ3) is 4.48. The monoisotopic (exact) mass is 255 g/mol. The zero-order chi connectivity index (χ0) is 12.5. The Kier molecular flexibility index (Phi) is 6.89. The molecule has 4 heteroatoms. The van der Waals surface area contributed by atoms with Crippen LogP contribution in [0.4, 0.5) is 0 Å². The minimum absolute atomic E-state index is 0.469. The van der Waals surface area contributed by atoms with Crippen molar-refractivity contribution in [3.8, 4) is 11.5 Å². The summed E-state index contributed by atoms with van der Waals surface area (Å²) in [6.45, 7) is 5.90. The Balaban J connectivity index is 2.70. The molecule has 1 rings (SSSR count). The average Bonchev–Trinajstić information content (AvgIpc) is 2.36. The number of nitrogens with two attached hydrogens (primary N) is 1. The van der Waals surface area contributed by atoms with Crippen molar-refractivity contribution in [1.82, 2.24) is 0 Å². The van der Waals surface area contributed by atoms with Gasteiger partial charge < -0.3 is 15.2 Å². The molecule has 3 nitrogen and oxygen atoms in total. The Morgan fingerprint density at radius 1 is 1.24 bits per heavy atom. The van der Waals surface area contributed by atoms with Crippen molar-refractivity contribution in [2.45, 2.75) is 20.4 Å². The second-order valence-corrected chi connectivity index (χ2v) is 4.82. The van der Waals surface area contributed by atoms with Gasteiger partial charge in [-0.3, -0.25) is 0 Å². The van der Waals surface area contributed by atoms with Gasteiger partial charge in [0.2, 0.25) is 0 Å². The van der Waals surface area contributed by atoms with Crippen LogP contribution in [0.25, 0.3) is 0 Å². The standard InChI is InChI=1S/C13H21NO2S/c1-3-15-12-7-5-6-11(10-14)13(12)16-8-9-17-4-2/h5-7H,3-4,8-10,14H2,1-2H3. The van der Waals surface area contributed by atoms with Gasteiger partial charge in [0.25, 0.3) is 0 Å². The fraction of sp³-hybridized carbons (Fsp3) is 0.538. The molecule has 0 atom stereocenters. The summed E-state index contributed by atoms with van der Waals surface area (Å²) in [5.41, 5.74) is 6.70. The minimum Gasteiger partial charge on any atom is -0.490 e. The molecule has 0 aliphatic rings. The fourth-order valence-corrected chi connectivity index (χ4v) is 1.99. The summed E-state index contributed by atoms with van der Waals surface area (Å²) in [5, 5.41) is 0. The SMILES string of the molecule is CCOc1cccc(CN)c1OCCSCC. The highest BCUT2D eigenvalue weighted by atomic mass is 32.2. The second-order valence-electron chi connectivity index (χ2n) is 3.43. The summed E-state index contributed by atoms with van der Waals surface area (Å²) in [4.78, 5) is 0. The molecule has 0 bridgehead atoms. The van der Waals surface area contributed by atoms with Gasteiger partial charge in [-0.25, -0.2) is 0 Å². The minimum atomic E-state index is 0.469. The zero-order valence-electron chi connectivity index (χ0n) is 10.6. The van der Waals surface area contributed by atoms with Crippen LogP contribution >= 0.6 is 11.8 Å². The molecule has 0 aromatic heterocycles. The highest BCUT2D eigenvalue weighted by Gasteiger charge is 2.09. The van der Waals surface area contributed by atoms with E-state index in [-0.39, 0.29) is 0 Å². The highest BCUT2D eigenvalue weighted by molar-refractivity contribution is 7.99. The van der Waals surface area contributed by atoms with Crippen LogP contribution in [0.3, 0.4) is 0 Å². The Morgan fingerprint density at radius 3 is 2.71 bits per heavy atom. The molecule has 1 aromatic rings. The van der Waals surface area contributed by atoms with Crippen LogP contribution in [0, 0.1) is 0 Å². The molecule has 1 aromatic carbocycles. The number of para-hydroxylation sites is 1. The smallest absolute Gasteiger partial charge is 0.165 e. The largest absolute Gasteiger partial charge is 0.490 e. The van der Waals surface area contributed by atoms with Crippen molar-refractivity contribution in [2.75, 3.05) is 24.7 Å². The molecule has 0 unspecified atom stereocenters. The van der Waals surface area contributed by atoms with E-state index in [0.29, 0.717) is 19.8 Å². The van der Waals surface area contributed by atoms with Crippen molar-refractivity contribution in [3.63, 3.8) is 0 Å². The maximum absolute atomic E-state index is 5.79. The lowest BCUT2D eigenvalue weighted by molar-refractivity contribution is 0.287. The first kappa shape index (κ1) is 14.2. The first-order chi connectivity index (χ1) is 8.33. The molecule has 0 radical (unpaired) electrons. The van der Waals surface area contributed by atoms with Gasteiger partial charge in [-0.1, -0.05) is 19.1 Å². The van der Waals surface area contributed by atoms with Gasteiger partial charge in [0.15, 0.2) is 11.5 Å². The van der Waals surface area contributed by atoms with E-state index in [1.54, 1.807) is 0 Å². The first-order valence-corrected chi connectivity index (χ1v) is 7.14. The normalized spacial score (nSPS) is 10.3. The molecular formula is C13H21NO2S. The summed E-state index contributed by atoms with van der Waals surface area (Å²) in [5.74, 6) is 3.69. The maximum atomic E-state index is 5.79. The van der Waals surface area contributed by atoms with E-state index in [4.69, 9.17) is 15.2 Å². The lowest BCUT2D eigenvalue weighted by Gasteiger charge is -2.14. The molecule has 0 aliphatic carbocycles. The number of ether oxygens (including phenoxy) is 2. The number of rotatable bonds is 8. The van der Waals surface area contributed by atoms with E-state index in [0.717, 1.165) is 28.6 Å². The lowest BCUT2D eigenvalue weighted by Crippen LogP contribution is -2.07. The van der Waals surface area contributed by atoms with E-state index in [1.807, 2.05) is 36.9 Å². The van der Waals surface area contributed by atoms with Crippen LogP contribution in [0.5, 0.6) is 11.5 Å². The van der Waals surface area contributed by atoms with Crippen LogP contribution in [0.2, 0.25) is 0 Å². The number of hydrogen-bond donors (Lipinski definition) is 1. The number of thioether (sulfide) groups is 1. The molecule has 0 fully saturated rings. The van der Waals surface area contributed by atoms with Gasteiger partial charge in [0.05, 0.1) is 13.2 Å². The average molecular weight is 255 g/mol. The predicted octanol–water partition coefficient (Wildman–Crippen LogP) is 2.68. The van der Waals surface area contributed by atoms with Gasteiger partial charge in [-0.05, 0) is 18.7 Å². The quantitative estimate of drug-likeness (QED) is 0.725. The van der Waals surface area contributed by atoms with Gasteiger partial charge in [0.1, 0.15) is 0 Å². The molecule has 0 aliphatic heterocycles. The molecule has 17 heavy (non-hydrogen) atoms. The van der Waals surface area contributed by atoms with Crippen LogP contribution < -0.4 is 15.2 Å². The Labute approximate surface area is 108 Å². The van der Waals surface area contributed by atoms with Crippen LogP contribution in [-0.2, 0) is 6.54 Å². The van der Waals surface area contributed by atoms with Crippen LogP contribution in [-0.4, -0.2) is 24.7 Å². The Bertz CT molecular complexity index is 331. The van der Waals surface area contributed by atoms with E-state index < -0.39 is 0 Å². The Morgan fingerprint density at radius 2 is 2.06 bits per heavy atom. The summed E-state index contributed by atoms with van der Waals surface area (Å²) in [6, 6.07) is 5.84. The van der Waals surface area contributed by atoms with E-state index in [1.165, 1.54) is 0 Å². The molecule has 2 N–H and O–H groups in total. The lowest BCUT2D eigenvalue weighted by atomic mass is 10.2. The van der Waals surface area contributed by atoms with Crippen molar-refractivity contribution < 1.29 is 9.47 Å². The molecular weight excluding hydrogens is 234 g/mol. The van der Waals surface area contributed by atoms with Gasteiger partial charge in [-0.2, -0.15) is 11.8 Å². The maximum Gasteiger partial charge on any atom is 0.165 e. The van der Waals surface area contributed by atoms with E-state index >= 15 is 0 Å².